The number of aryl methyl sites for hydroxylation is 3. The van der Waals surface area contributed by atoms with Gasteiger partial charge in [0.1, 0.15) is 18.2 Å². The van der Waals surface area contributed by atoms with E-state index in [4.69, 9.17) is 4.42 Å². The lowest BCUT2D eigenvalue weighted by molar-refractivity contribution is -0.660. The number of fused-ring (bicyclic) bond motifs is 4. The molecule has 2 heterocycles. The fraction of sp³-hybridized carbons (Fsp3) is 0.343. The number of benzene rings is 3. The molecule has 3 aromatic carbocycles. The Labute approximate surface area is 220 Å². The maximum Gasteiger partial charge on any atom is 0.216 e. The van der Waals surface area contributed by atoms with Gasteiger partial charge in [0.25, 0.3) is 0 Å². The van der Waals surface area contributed by atoms with Crippen molar-refractivity contribution in [1.29, 1.82) is 0 Å². The maximum atomic E-state index is 6.88. The van der Waals surface area contributed by atoms with Crippen molar-refractivity contribution in [3.05, 3.63) is 88.6 Å². The summed E-state index contributed by atoms with van der Waals surface area (Å²) in [6, 6.07) is 20.5. The Morgan fingerprint density at radius 1 is 0.730 bits per heavy atom. The van der Waals surface area contributed by atoms with Crippen molar-refractivity contribution >= 4 is 21.9 Å². The maximum absolute atomic E-state index is 6.88. The molecule has 2 heteroatoms. The van der Waals surface area contributed by atoms with Gasteiger partial charge in [0, 0.05) is 28.0 Å². The van der Waals surface area contributed by atoms with E-state index in [0.717, 1.165) is 17.1 Å². The van der Waals surface area contributed by atoms with Gasteiger partial charge in [-0.2, -0.15) is 0 Å². The first kappa shape index (κ1) is 22.8. The van der Waals surface area contributed by atoms with E-state index in [2.05, 4.69) is 86.3 Å². The molecule has 2 aliphatic rings. The Hall–Kier alpha value is -3.39. The Balaban J connectivity index is 1.44. The third-order valence-electron chi connectivity index (χ3n) is 9.07. The van der Waals surface area contributed by atoms with Gasteiger partial charge in [0.15, 0.2) is 6.20 Å². The van der Waals surface area contributed by atoms with Crippen molar-refractivity contribution in [2.75, 3.05) is 0 Å². The van der Waals surface area contributed by atoms with Gasteiger partial charge < -0.3 is 4.42 Å². The predicted molar refractivity (Wildman–Crippen MR) is 153 cm³/mol. The Bertz CT molecular complexity index is 1660. The Morgan fingerprint density at radius 3 is 2.38 bits per heavy atom. The van der Waals surface area contributed by atoms with Gasteiger partial charge in [-0.05, 0) is 85.8 Å². The lowest BCUT2D eigenvalue weighted by Crippen LogP contribution is -2.31. The van der Waals surface area contributed by atoms with E-state index in [0.29, 0.717) is 0 Å². The summed E-state index contributed by atoms with van der Waals surface area (Å²) in [5.74, 6) is 0.762. The van der Waals surface area contributed by atoms with Crippen LogP contribution in [0.2, 0.25) is 0 Å². The fourth-order valence-electron chi connectivity index (χ4n) is 7.28. The molecule has 0 radical (unpaired) electrons. The van der Waals surface area contributed by atoms with Gasteiger partial charge in [-0.25, -0.2) is 4.57 Å². The highest BCUT2D eigenvalue weighted by molar-refractivity contribution is 6.13. The first-order chi connectivity index (χ1) is 18.1. The number of hydrogen-bond acceptors (Lipinski definition) is 1. The highest BCUT2D eigenvalue weighted by Crippen LogP contribution is 2.45. The van der Waals surface area contributed by atoms with E-state index in [1.54, 1.807) is 16.7 Å². The molecule has 0 unspecified atom stereocenters. The Morgan fingerprint density at radius 2 is 1.54 bits per heavy atom. The molecule has 5 aromatic rings. The quantitative estimate of drug-likeness (QED) is 0.233. The zero-order valence-electron chi connectivity index (χ0n) is 22.4. The van der Waals surface area contributed by atoms with Crippen LogP contribution in [-0.2, 0) is 19.9 Å². The lowest BCUT2D eigenvalue weighted by Gasteiger charge is -2.25. The van der Waals surface area contributed by atoms with E-state index in [-0.39, 0.29) is 0 Å². The van der Waals surface area contributed by atoms with Crippen LogP contribution in [0.3, 0.4) is 0 Å². The second-order valence-electron chi connectivity index (χ2n) is 11.5. The van der Waals surface area contributed by atoms with E-state index in [1.165, 1.54) is 95.7 Å². The molecule has 186 valence electrons. The SMILES string of the molecule is Cc1ccc(-c2c(C)ccc3c2oc2c(-c4ccc(C5CCCCC5)c5c4CCC5)cccc23)[n+](C)c1. The standard InChI is InChI=1S/C35H36NO/c1-22-15-20-32(36(3)21-22)33-23(2)16-17-31-30-14-8-13-29(34(30)37-35(31)33)28-19-18-25(24-9-5-4-6-10-24)26-11-7-12-27(26)28/h8,13-21,24H,4-7,9-12H2,1-3H3/q+1. The highest BCUT2D eigenvalue weighted by Gasteiger charge is 2.27. The minimum absolute atomic E-state index is 0.762. The van der Waals surface area contributed by atoms with Gasteiger partial charge in [-0.1, -0.05) is 61.7 Å². The van der Waals surface area contributed by atoms with Crippen molar-refractivity contribution in [3.8, 4) is 22.4 Å². The number of furan rings is 1. The molecule has 0 saturated heterocycles. The summed E-state index contributed by atoms with van der Waals surface area (Å²) < 4.78 is 9.11. The van der Waals surface area contributed by atoms with Crippen molar-refractivity contribution in [3.63, 3.8) is 0 Å². The average Bonchev–Trinajstić information content (AvgIpc) is 3.55. The van der Waals surface area contributed by atoms with Crippen molar-refractivity contribution in [2.45, 2.75) is 71.1 Å². The molecule has 0 atom stereocenters. The third kappa shape index (κ3) is 3.64. The molecule has 0 spiro atoms. The molecule has 1 fully saturated rings. The number of hydrogen-bond donors (Lipinski definition) is 0. The van der Waals surface area contributed by atoms with E-state index >= 15 is 0 Å². The van der Waals surface area contributed by atoms with Crippen LogP contribution < -0.4 is 4.57 Å². The van der Waals surface area contributed by atoms with Gasteiger partial charge >= 0.3 is 0 Å². The third-order valence-corrected chi connectivity index (χ3v) is 9.07. The number of para-hydroxylation sites is 1. The van der Waals surface area contributed by atoms with Crippen LogP contribution in [0.5, 0.6) is 0 Å². The molecule has 0 aliphatic heterocycles. The van der Waals surface area contributed by atoms with E-state index in [1.807, 2.05) is 0 Å². The molecule has 0 N–H and O–H groups in total. The molecule has 0 amide bonds. The molecule has 1 saturated carbocycles. The normalized spacial score (nSPS) is 16.1. The minimum Gasteiger partial charge on any atom is -0.454 e. The van der Waals surface area contributed by atoms with Crippen LogP contribution in [0.25, 0.3) is 44.3 Å². The first-order valence-corrected chi connectivity index (χ1v) is 14.2. The first-order valence-electron chi connectivity index (χ1n) is 14.2. The molecule has 37 heavy (non-hydrogen) atoms. The van der Waals surface area contributed by atoms with E-state index < -0.39 is 0 Å². The second-order valence-corrected chi connectivity index (χ2v) is 11.5. The van der Waals surface area contributed by atoms with Gasteiger partial charge in [-0.15, -0.1) is 0 Å². The largest absolute Gasteiger partial charge is 0.454 e. The fourth-order valence-corrected chi connectivity index (χ4v) is 7.28. The summed E-state index contributed by atoms with van der Waals surface area (Å²) >= 11 is 0. The molecule has 2 nitrogen and oxygen atoms in total. The number of pyridine rings is 1. The monoisotopic (exact) mass is 486 g/mol. The predicted octanol–water partition coefficient (Wildman–Crippen LogP) is 8.90. The number of aromatic nitrogens is 1. The average molecular weight is 487 g/mol. The van der Waals surface area contributed by atoms with Crippen LogP contribution in [0.1, 0.15) is 72.3 Å². The van der Waals surface area contributed by atoms with Crippen LogP contribution in [0.4, 0.5) is 0 Å². The molecule has 0 bridgehead atoms. The van der Waals surface area contributed by atoms with Crippen LogP contribution in [0.15, 0.2) is 65.2 Å². The summed E-state index contributed by atoms with van der Waals surface area (Å²) in [5, 5.41) is 2.42. The lowest BCUT2D eigenvalue weighted by atomic mass is 9.80. The highest BCUT2D eigenvalue weighted by atomic mass is 16.3. The van der Waals surface area contributed by atoms with Gasteiger partial charge in [0.2, 0.25) is 5.69 Å². The summed E-state index contributed by atoms with van der Waals surface area (Å²) in [6.45, 7) is 4.34. The Kier molecular flexibility index (Phi) is 5.46. The molecular formula is C35H36NO+. The molecule has 2 aliphatic carbocycles. The smallest absolute Gasteiger partial charge is 0.216 e. The van der Waals surface area contributed by atoms with Gasteiger partial charge in [-0.3, -0.25) is 0 Å². The summed E-state index contributed by atoms with van der Waals surface area (Å²) in [4.78, 5) is 0. The minimum atomic E-state index is 0.762. The summed E-state index contributed by atoms with van der Waals surface area (Å²) in [5.41, 5.74) is 14.4. The van der Waals surface area contributed by atoms with Gasteiger partial charge in [0.05, 0.1) is 5.56 Å². The molecular weight excluding hydrogens is 450 g/mol. The van der Waals surface area contributed by atoms with Crippen LogP contribution >= 0.6 is 0 Å². The number of nitrogens with zero attached hydrogens (tertiary/aromatic N) is 1. The molecule has 2 aromatic heterocycles. The number of rotatable bonds is 3. The summed E-state index contributed by atoms with van der Waals surface area (Å²) in [6.07, 6.45) is 12.8. The van der Waals surface area contributed by atoms with Crippen molar-refractivity contribution in [2.24, 2.45) is 7.05 Å². The zero-order chi connectivity index (χ0) is 25.1. The van der Waals surface area contributed by atoms with Crippen LogP contribution in [0, 0.1) is 13.8 Å². The van der Waals surface area contributed by atoms with Crippen molar-refractivity contribution in [1.82, 2.24) is 0 Å². The topological polar surface area (TPSA) is 17.0 Å². The second kappa shape index (κ2) is 8.87. The van der Waals surface area contributed by atoms with E-state index in [9.17, 15) is 0 Å². The molecule has 7 rings (SSSR count). The zero-order valence-corrected chi connectivity index (χ0v) is 22.4. The van der Waals surface area contributed by atoms with Crippen LogP contribution in [-0.4, -0.2) is 0 Å². The van der Waals surface area contributed by atoms with Crippen molar-refractivity contribution < 1.29 is 8.98 Å². The summed E-state index contributed by atoms with van der Waals surface area (Å²) in [7, 11) is 2.13.